The second kappa shape index (κ2) is 7.31. The van der Waals surface area contributed by atoms with E-state index in [1.165, 1.54) is 11.3 Å². The van der Waals surface area contributed by atoms with Crippen molar-refractivity contribution in [2.24, 2.45) is 5.73 Å². The number of rotatable bonds is 6. The molecule has 0 saturated carbocycles. The minimum absolute atomic E-state index is 0.0725. The molecule has 6 heteroatoms. The first kappa shape index (κ1) is 15.6. The Labute approximate surface area is 128 Å². The molecule has 1 aromatic heterocycles. The maximum atomic E-state index is 12.3. The fourth-order valence-electron chi connectivity index (χ4n) is 2.03. The first-order chi connectivity index (χ1) is 10.1. The van der Waals surface area contributed by atoms with Crippen LogP contribution in [0.25, 0.3) is 0 Å². The number of nitrogens with one attached hydrogen (secondary N) is 1. The summed E-state index contributed by atoms with van der Waals surface area (Å²) in [5.41, 5.74) is 7.04. The number of hydrogen-bond acceptors (Lipinski definition) is 5. The highest BCUT2D eigenvalue weighted by molar-refractivity contribution is 7.09. The van der Waals surface area contributed by atoms with Gasteiger partial charge in [-0.3, -0.25) is 4.79 Å². The molecule has 3 N–H and O–H groups in total. The Morgan fingerprint density at radius 2 is 2.10 bits per heavy atom. The fourth-order valence-corrected chi connectivity index (χ4v) is 2.68. The molecule has 21 heavy (non-hydrogen) atoms. The van der Waals surface area contributed by atoms with Crippen LogP contribution in [-0.2, 0) is 6.54 Å². The van der Waals surface area contributed by atoms with E-state index in [1.807, 2.05) is 49.3 Å². The van der Waals surface area contributed by atoms with Crippen molar-refractivity contribution in [3.63, 3.8) is 0 Å². The Morgan fingerprint density at radius 3 is 2.67 bits per heavy atom. The van der Waals surface area contributed by atoms with Crippen molar-refractivity contribution in [3.8, 4) is 0 Å². The summed E-state index contributed by atoms with van der Waals surface area (Å²) in [7, 11) is 3.97. The number of aromatic nitrogens is 1. The fraction of sp³-hybridized carbons (Fsp3) is 0.333. The number of thiazole rings is 1. The van der Waals surface area contributed by atoms with Gasteiger partial charge in [-0.15, -0.1) is 11.3 Å². The van der Waals surface area contributed by atoms with E-state index in [0.717, 1.165) is 17.1 Å². The van der Waals surface area contributed by atoms with Crippen LogP contribution in [0.5, 0.6) is 0 Å². The van der Waals surface area contributed by atoms with Crippen LogP contribution in [0.1, 0.15) is 27.1 Å². The number of nitrogens with zero attached hydrogens (tertiary/aromatic N) is 2. The smallest absolute Gasteiger partial charge is 0.271 e. The Kier molecular flexibility index (Phi) is 5.44. The van der Waals surface area contributed by atoms with E-state index in [2.05, 4.69) is 10.3 Å². The molecule has 0 fully saturated rings. The minimum Gasteiger partial charge on any atom is -0.343 e. The highest BCUT2D eigenvalue weighted by atomic mass is 32.1. The lowest BCUT2D eigenvalue weighted by atomic mass is 10.1. The number of benzene rings is 1. The molecule has 0 spiro atoms. The van der Waals surface area contributed by atoms with Gasteiger partial charge < -0.3 is 16.0 Å². The zero-order valence-electron chi connectivity index (χ0n) is 12.2. The molecule has 0 aliphatic heterocycles. The molecule has 1 aromatic carbocycles. The largest absolute Gasteiger partial charge is 0.343 e. The average molecular weight is 304 g/mol. The van der Waals surface area contributed by atoms with Gasteiger partial charge in [-0.1, -0.05) is 30.3 Å². The second-order valence-corrected chi connectivity index (χ2v) is 5.97. The first-order valence-corrected chi connectivity index (χ1v) is 7.63. The van der Waals surface area contributed by atoms with E-state index in [9.17, 15) is 4.79 Å². The summed E-state index contributed by atoms with van der Waals surface area (Å²) in [4.78, 5) is 18.6. The van der Waals surface area contributed by atoms with Crippen LogP contribution >= 0.6 is 11.3 Å². The molecule has 5 nitrogen and oxygen atoms in total. The van der Waals surface area contributed by atoms with Crippen molar-refractivity contribution in [2.75, 3.05) is 20.6 Å². The lowest BCUT2D eigenvalue weighted by Crippen LogP contribution is -2.35. The molecular formula is C15H20N4OS. The highest BCUT2D eigenvalue weighted by Gasteiger charge is 2.18. The number of hydrogen-bond donors (Lipinski definition) is 2. The minimum atomic E-state index is -0.165. The monoisotopic (exact) mass is 304 g/mol. The van der Waals surface area contributed by atoms with Crippen LogP contribution in [0.4, 0.5) is 0 Å². The van der Waals surface area contributed by atoms with E-state index in [-0.39, 0.29) is 11.9 Å². The lowest BCUT2D eigenvalue weighted by Gasteiger charge is -2.22. The number of amides is 1. The molecule has 1 atom stereocenters. The molecule has 0 radical (unpaired) electrons. The van der Waals surface area contributed by atoms with Crippen molar-refractivity contribution >= 4 is 17.2 Å². The SMILES string of the molecule is CN(C)CC(NC(=O)c1csc(CN)n1)c1ccccc1. The maximum absolute atomic E-state index is 12.3. The Morgan fingerprint density at radius 1 is 1.38 bits per heavy atom. The molecule has 2 rings (SSSR count). The van der Waals surface area contributed by atoms with E-state index in [1.54, 1.807) is 5.38 Å². The van der Waals surface area contributed by atoms with Gasteiger partial charge in [0.05, 0.1) is 6.04 Å². The number of carbonyl (C=O) groups is 1. The lowest BCUT2D eigenvalue weighted by molar-refractivity contribution is 0.0925. The predicted molar refractivity (Wildman–Crippen MR) is 85.2 cm³/mol. The third kappa shape index (κ3) is 4.35. The van der Waals surface area contributed by atoms with Crippen LogP contribution in [0.2, 0.25) is 0 Å². The van der Waals surface area contributed by atoms with Gasteiger partial charge in [0, 0.05) is 18.5 Å². The molecular weight excluding hydrogens is 284 g/mol. The normalized spacial score (nSPS) is 12.4. The van der Waals surface area contributed by atoms with Gasteiger partial charge in [-0.2, -0.15) is 0 Å². The summed E-state index contributed by atoms with van der Waals surface area (Å²) >= 11 is 1.41. The predicted octanol–water partition coefficient (Wildman–Crippen LogP) is 1.63. The van der Waals surface area contributed by atoms with E-state index < -0.39 is 0 Å². The molecule has 1 unspecified atom stereocenters. The summed E-state index contributed by atoms with van der Waals surface area (Å²) in [6.07, 6.45) is 0. The third-order valence-electron chi connectivity index (χ3n) is 3.01. The molecule has 1 heterocycles. The van der Waals surface area contributed by atoms with Crippen molar-refractivity contribution in [1.82, 2.24) is 15.2 Å². The van der Waals surface area contributed by atoms with Crippen molar-refractivity contribution < 1.29 is 4.79 Å². The van der Waals surface area contributed by atoms with Crippen LogP contribution in [0.15, 0.2) is 35.7 Å². The quantitative estimate of drug-likeness (QED) is 0.851. The third-order valence-corrected chi connectivity index (χ3v) is 3.89. The van der Waals surface area contributed by atoms with Crippen LogP contribution in [-0.4, -0.2) is 36.4 Å². The van der Waals surface area contributed by atoms with Gasteiger partial charge in [0.2, 0.25) is 0 Å². The Hall–Kier alpha value is -1.76. The standard InChI is InChI=1S/C15H20N4OS/c1-19(2)9-12(11-6-4-3-5-7-11)18-15(20)13-10-21-14(8-16)17-13/h3-7,10,12H,8-9,16H2,1-2H3,(H,18,20). The number of nitrogens with two attached hydrogens (primary N) is 1. The molecule has 0 aliphatic carbocycles. The maximum Gasteiger partial charge on any atom is 0.271 e. The van der Waals surface area contributed by atoms with Gasteiger partial charge in [0.1, 0.15) is 10.7 Å². The van der Waals surface area contributed by atoms with Crippen LogP contribution in [0, 0.1) is 0 Å². The van der Waals surface area contributed by atoms with Crippen LogP contribution in [0.3, 0.4) is 0 Å². The summed E-state index contributed by atoms with van der Waals surface area (Å²) in [5, 5.41) is 5.55. The van der Waals surface area contributed by atoms with Crippen molar-refractivity contribution in [3.05, 3.63) is 52.0 Å². The molecule has 2 aromatic rings. The molecule has 112 valence electrons. The molecule has 0 bridgehead atoms. The zero-order valence-corrected chi connectivity index (χ0v) is 13.1. The van der Waals surface area contributed by atoms with Crippen LogP contribution < -0.4 is 11.1 Å². The second-order valence-electron chi connectivity index (χ2n) is 5.03. The van der Waals surface area contributed by atoms with Crippen molar-refractivity contribution in [2.45, 2.75) is 12.6 Å². The van der Waals surface area contributed by atoms with Gasteiger partial charge in [0.25, 0.3) is 5.91 Å². The van der Waals surface area contributed by atoms with E-state index >= 15 is 0 Å². The Balaban J connectivity index is 2.13. The highest BCUT2D eigenvalue weighted by Crippen LogP contribution is 2.15. The van der Waals surface area contributed by atoms with Gasteiger partial charge in [0.15, 0.2) is 0 Å². The van der Waals surface area contributed by atoms with Gasteiger partial charge >= 0.3 is 0 Å². The summed E-state index contributed by atoms with van der Waals surface area (Å²) in [6, 6.07) is 9.86. The Bertz CT molecular complexity index is 582. The summed E-state index contributed by atoms with van der Waals surface area (Å²) in [5.74, 6) is -0.165. The van der Waals surface area contributed by atoms with E-state index in [0.29, 0.717) is 12.2 Å². The van der Waals surface area contributed by atoms with Crippen molar-refractivity contribution in [1.29, 1.82) is 0 Å². The number of likely N-dealkylation sites (N-methyl/N-ethyl adjacent to an activating group) is 1. The topological polar surface area (TPSA) is 71.2 Å². The molecule has 1 amide bonds. The summed E-state index contributed by atoms with van der Waals surface area (Å²) in [6.45, 7) is 1.08. The first-order valence-electron chi connectivity index (χ1n) is 6.75. The average Bonchev–Trinajstić information content (AvgIpc) is 2.96. The summed E-state index contributed by atoms with van der Waals surface area (Å²) < 4.78 is 0. The zero-order chi connectivity index (χ0) is 15.2. The van der Waals surface area contributed by atoms with Gasteiger partial charge in [-0.05, 0) is 19.7 Å². The van der Waals surface area contributed by atoms with Gasteiger partial charge in [-0.25, -0.2) is 4.98 Å². The number of carbonyl (C=O) groups excluding carboxylic acids is 1. The molecule has 0 aliphatic rings. The van der Waals surface area contributed by atoms with E-state index in [4.69, 9.17) is 5.73 Å². The molecule has 0 saturated heterocycles.